The number of carbonyl (C=O) groups excluding carboxylic acids is 1. The minimum Gasteiger partial charge on any atom is -0.344 e. The van der Waals surface area contributed by atoms with Crippen LogP contribution in [0.1, 0.15) is 53.0 Å². The van der Waals surface area contributed by atoms with Gasteiger partial charge in [0, 0.05) is 16.6 Å². The molecule has 1 fully saturated rings. The highest BCUT2D eigenvalue weighted by molar-refractivity contribution is 7.99. The number of thioether (sulfide) groups is 1. The summed E-state index contributed by atoms with van der Waals surface area (Å²) in [5.74, 6) is 0.910. The lowest BCUT2D eigenvalue weighted by Crippen LogP contribution is -2.32. The van der Waals surface area contributed by atoms with Crippen molar-refractivity contribution in [1.82, 2.24) is 15.1 Å². The average Bonchev–Trinajstić information content (AvgIpc) is 3.47. The smallest absolute Gasteiger partial charge is 0.270 e. The summed E-state index contributed by atoms with van der Waals surface area (Å²) in [6, 6.07) is 16.2. The molecule has 3 aromatic rings. The van der Waals surface area contributed by atoms with E-state index in [-0.39, 0.29) is 17.8 Å². The van der Waals surface area contributed by atoms with Crippen LogP contribution in [0.25, 0.3) is 5.69 Å². The predicted molar refractivity (Wildman–Crippen MR) is 107 cm³/mol. The van der Waals surface area contributed by atoms with Gasteiger partial charge < -0.3 is 5.32 Å². The first kappa shape index (κ1) is 17.5. The molecule has 1 amide bonds. The zero-order valence-electron chi connectivity index (χ0n) is 15.3. The molecule has 2 aromatic carbocycles. The summed E-state index contributed by atoms with van der Waals surface area (Å²) in [6.45, 7) is 0. The van der Waals surface area contributed by atoms with E-state index in [2.05, 4.69) is 5.32 Å². The van der Waals surface area contributed by atoms with E-state index >= 15 is 0 Å². The summed E-state index contributed by atoms with van der Waals surface area (Å²) in [6.07, 6.45) is 3.03. The van der Waals surface area contributed by atoms with Crippen LogP contribution in [0, 0.1) is 5.82 Å². The molecular weight excluding hydrogens is 373 g/mol. The van der Waals surface area contributed by atoms with Gasteiger partial charge in [0.25, 0.3) is 5.91 Å². The molecule has 4 nitrogen and oxygen atoms in total. The molecule has 1 atom stereocenters. The highest BCUT2D eigenvalue weighted by atomic mass is 32.2. The van der Waals surface area contributed by atoms with Crippen molar-refractivity contribution in [3.8, 4) is 5.69 Å². The topological polar surface area (TPSA) is 46.9 Å². The Morgan fingerprint density at radius 2 is 1.93 bits per heavy atom. The third-order valence-corrected chi connectivity index (χ3v) is 6.40. The number of halogens is 1. The third-order valence-electron chi connectivity index (χ3n) is 5.27. The maximum Gasteiger partial charge on any atom is 0.270 e. The van der Waals surface area contributed by atoms with Gasteiger partial charge in [-0.1, -0.05) is 18.2 Å². The molecule has 142 valence electrons. The minimum atomic E-state index is -0.272. The van der Waals surface area contributed by atoms with E-state index in [0.717, 1.165) is 46.9 Å². The second-order valence-corrected chi connectivity index (χ2v) is 8.46. The van der Waals surface area contributed by atoms with Gasteiger partial charge >= 0.3 is 0 Å². The lowest BCUT2D eigenvalue weighted by atomic mass is 10.0. The second-order valence-electron chi connectivity index (χ2n) is 7.32. The summed E-state index contributed by atoms with van der Waals surface area (Å²) >= 11 is 1.70. The van der Waals surface area contributed by atoms with Crippen molar-refractivity contribution in [1.29, 1.82) is 0 Å². The summed E-state index contributed by atoms with van der Waals surface area (Å²) in [5.41, 5.74) is 3.23. The van der Waals surface area contributed by atoms with E-state index in [4.69, 9.17) is 5.10 Å². The van der Waals surface area contributed by atoms with Gasteiger partial charge in [-0.25, -0.2) is 9.07 Å². The van der Waals surface area contributed by atoms with Crippen LogP contribution in [-0.4, -0.2) is 21.4 Å². The van der Waals surface area contributed by atoms with Crippen LogP contribution < -0.4 is 5.32 Å². The van der Waals surface area contributed by atoms with Crippen molar-refractivity contribution in [2.45, 2.75) is 36.1 Å². The Bertz CT molecular complexity index is 1030. The molecule has 6 heteroatoms. The van der Waals surface area contributed by atoms with Crippen molar-refractivity contribution in [2.75, 3.05) is 5.75 Å². The standard InChI is InChI=1S/C22H20FN3OS/c23-15-8-9-21-17(12-15)18(10-11-28-21)24-22(27)20-13-19(14-6-7-14)25-26(20)16-4-2-1-3-5-16/h1-5,8-9,12-14,18H,6-7,10-11H2,(H,24,27). The number of para-hydroxylation sites is 1. The third kappa shape index (κ3) is 3.33. The summed E-state index contributed by atoms with van der Waals surface area (Å²) < 4.78 is 15.5. The van der Waals surface area contributed by atoms with E-state index in [1.54, 1.807) is 22.5 Å². The molecule has 1 N–H and O–H groups in total. The van der Waals surface area contributed by atoms with Gasteiger partial charge in [0.05, 0.1) is 17.4 Å². The number of nitrogens with one attached hydrogen (secondary N) is 1. The fourth-order valence-electron chi connectivity index (χ4n) is 3.65. The van der Waals surface area contributed by atoms with Crippen molar-refractivity contribution in [3.05, 3.63) is 77.4 Å². The van der Waals surface area contributed by atoms with Gasteiger partial charge in [-0.05, 0) is 61.2 Å². The molecule has 1 aliphatic carbocycles. The van der Waals surface area contributed by atoms with Crippen LogP contribution in [-0.2, 0) is 0 Å². The molecule has 1 saturated carbocycles. The van der Waals surface area contributed by atoms with Gasteiger partial charge in [-0.2, -0.15) is 5.10 Å². The van der Waals surface area contributed by atoms with Crippen molar-refractivity contribution in [2.24, 2.45) is 0 Å². The van der Waals surface area contributed by atoms with Crippen LogP contribution in [0.3, 0.4) is 0 Å². The predicted octanol–water partition coefficient (Wildman–Crippen LogP) is 4.86. The van der Waals surface area contributed by atoms with E-state index in [9.17, 15) is 9.18 Å². The fraction of sp³-hybridized carbons (Fsp3) is 0.273. The van der Waals surface area contributed by atoms with E-state index < -0.39 is 0 Å². The van der Waals surface area contributed by atoms with Crippen molar-refractivity contribution < 1.29 is 9.18 Å². The SMILES string of the molecule is O=C(NC1CCSc2ccc(F)cc21)c1cc(C2CC2)nn1-c1ccccc1. The van der Waals surface area contributed by atoms with Crippen LogP contribution in [0.2, 0.25) is 0 Å². The molecular formula is C22H20FN3OS. The Morgan fingerprint density at radius 3 is 2.71 bits per heavy atom. The van der Waals surface area contributed by atoms with Gasteiger partial charge in [-0.3, -0.25) is 4.79 Å². The molecule has 2 aliphatic rings. The Hall–Kier alpha value is -2.60. The molecule has 5 rings (SSSR count). The normalized spacial score (nSPS) is 18.5. The van der Waals surface area contributed by atoms with Crippen molar-refractivity contribution >= 4 is 17.7 Å². The largest absolute Gasteiger partial charge is 0.344 e. The number of aromatic nitrogens is 2. The first-order valence-corrected chi connectivity index (χ1v) is 10.6. The number of hydrogen-bond acceptors (Lipinski definition) is 3. The Morgan fingerprint density at radius 1 is 1.11 bits per heavy atom. The maximum absolute atomic E-state index is 13.8. The molecule has 1 aliphatic heterocycles. The lowest BCUT2D eigenvalue weighted by molar-refractivity contribution is 0.0927. The summed E-state index contributed by atoms with van der Waals surface area (Å²) in [4.78, 5) is 14.2. The molecule has 0 bridgehead atoms. The Balaban J connectivity index is 1.47. The minimum absolute atomic E-state index is 0.171. The highest BCUT2D eigenvalue weighted by Crippen LogP contribution is 2.40. The molecule has 0 radical (unpaired) electrons. The molecule has 0 spiro atoms. The second kappa shape index (κ2) is 7.09. The van der Waals surface area contributed by atoms with Crippen LogP contribution in [0.4, 0.5) is 4.39 Å². The van der Waals surface area contributed by atoms with E-state index in [1.807, 2.05) is 36.4 Å². The number of benzene rings is 2. The van der Waals surface area contributed by atoms with Gasteiger partial charge in [0.1, 0.15) is 11.5 Å². The van der Waals surface area contributed by atoms with E-state index in [0.29, 0.717) is 11.6 Å². The Kier molecular flexibility index (Phi) is 4.43. The number of nitrogens with zero attached hydrogens (tertiary/aromatic N) is 2. The number of carbonyl (C=O) groups is 1. The quantitative estimate of drug-likeness (QED) is 0.689. The average molecular weight is 393 g/mol. The van der Waals surface area contributed by atoms with Crippen LogP contribution in [0.5, 0.6) is 0 Å². The number of fused-ring (bicyclic) bond motifs is 1. The zero-order valence-corrected chi connectivity index (χ0v) is 16.1. The van der Waals surface area contributed by atoms with Crippen LogP contribution >= 0.6 is 11.8 Å². The van der Waals surface area contributed by atoms with Crippen LogP contribution in [0.15, 0.2) is 59.5 Å². The highest BCUT2D eigenvalue weighted by Gasteiger charge is 2.30. The van der Waals surface area contributed by atoms with E-state index in [1.165, 1.54) is 12.1 Å². The lowest BCUT2D eigenvalue weighted by Gasteiger charge is -2.26. The number of amides is 1. The fourth-order valence-corrected chi connectivity index (χ4v) is 4.76. The van der Waals surface area contributed by atoms with Gasteiger partial charge in [-0.15, -0.1) is 11.8 Å². The molecule has 0 saturated heterocycles. The number of rotatable bonds is 4. The molecule has 1 aromatic heterocycles. The first-order valence-electron chi connectivity index (χ1n) is 9.57. The first-order chi connectivity index (χ1) is 13.7. The molecule has 1 unspecified atom stereocenters. The van der Waals surface area contributed by atoms with Crippen molar-refractivity contribution in [3.63, 3.8) is 0 Å². The Labute approximate surface area is 167 Å². The molecule has 28 heavy (non-hydrogen) atoms. The maximum atomic E-state index is 13.8. The monoisotopic (exact) mass is 393 g/mol. The van der Waals surface area contributed by atoms with Gasteiger partial charge in [0.2, 0.25) is 0 Å². The summed E-state index contributed by atoms with van der Waals surface area (Å²) in [7, 11) is 0. The summed E-state index contributed by atoms with van der Waals surface area (Å²) in [5, 5.41) is 7.83. The van der Waals surface area contributed by atoms with Gasteiger partial charge in [0.15, 0.2) is 0 Å². The number of hydrogen-bond donors (Lipinski definition) is 1. The molecule has 2 heterocycles. The zero-order chi connectivity index (χ0) is 19.1.